The molecule has 1 heterocycles. The van der Waals surface area contributed by atoms with Crippen molar-refractivity contribution in [2.45, 2.75) is 6.54 Å². The van der Waals surface area contributed by atoms with E-state index in [2.05, 4.69) is 20.8 Å². The topological polar surface area (TPSA) is 81.9 Å². The summed E-state index contributed by atoms with van der Waals surface area (Å²) < 4.78 is 6.56. The minimum atomic E-state index is -0.197. The van der Waals surface area contributed by atoms with Gasteiger partial charge < -0.3 is 10.1 Å². The van der Waals surface area contributed by atoms with Crippen LogP contribution in [0.3, 0.4) is 0 Å². The molecule has 0 aliphatic carbocycles. The monoisotopic (exact) mass is 247 g/mol. The second-order valence-corrected chi connectivity index (χ2v) is 3.63. The second-order valence-electron chi connectivity index (χ2n) is 3.63. The molecule has 18 heavy (non-hydrogen) atoms. The fraction of sp³-hybridized carbons (Fsp3) is 0.273. The van der Waals surface area contributed by atoms with Gasteiger partial charge in [-0.15, -0.1) is 5.10 Å². The van der Waals surface area contributed by atoms with Crippen molar-refractivity contribution < 1.29 is 9.53 Å². The van der Waals surface area contributed by atoms with Crippen LogP contribution < -0.4 is 10.1 Å². The summed E-state index contributed by atoms with van der Waals surface area (Å²) in [5.74, 6) is 1.03. The van der Waals surface area contributed by atoms with Gasteiger partial charge in [-0.25, -0.2) is 4.68 Å². The zero-order valence-corrected chi connectivity index (χ0v) is 10.1. The van der Waals surface area contributed by atoms with Crippen molar-refractivity contribution in [2.75, 3.05) is 7.11 Å². The summed E-state index contributed by atoms with van der Waals surface area (Å²) in [7, 11) is 3.27. The number of tetrazole rings is 1. The van der Waals surface area contributed by atoms with E-state index in [9.17, 15) is 4.79 Å². The normalized spacial score (nSPS) is 10.1. The molecule has 7 nitrogen and oxygen atoms in total. The molecule has 1 aromatic carbocycles. The van der Waals surface area contributed by atoms with Crippen molar-refractivity contribution in [1.82, 2.24) is 25.5 Å². The van der Waals surface area contributed by atoms with Crippen molar-refractivity contribution in [1.29, 1.82) is 0 Å². The van der Waals surface area contributed by atoms with Crippen LogP contribution in [0.1, 0.15) is 16.2 Å². The van der Waals surface area contributed by atoms with E-state index in [0.29, 0.717) is 17.1 Å². The molecular formula is C11H13N5O2. The number of benzene rings is 1. The Morgan fingerprint density at radius 2 is 2.33 bits per heavy atom. The second kappa shape index (κ2) is 5.26. The van der Waals surface area contributed by atoms with Crippen LogP contribution in [0.15, 0.2) is 24.3 Å². The third-order valence-electron chi connectivity index (χ3n) is 2.45. The summed E-state index contributed by atoms with van der Waals surface area (Å²) in [6, 6.07) is 6.93. The molecule has 0 radical (unpaired) electrons. The van der Waals surface area contributed by atoms with Crippen LogP contribution in [-0.2, 0) is 13.6 Å². The van der Waals surface area contributed by atoms with Gasteiger partial charge in [0.2, 0.25) is 0 Å². The van der Waals surface area contributed by atoms with Crippen LogP contribution >= 0.6 is 0 Å². The van der Waals surface area contributed by atoms with Crippen molar-refractivity contribution in [3.8, 4) is 5.75 Å². The van der Waals surface area contributed by atoms with Gasteiger partial charge in [0.1, 0.15) is 5.75 Å². The number of hydrogen-bond acceptors (Lipinski definition) is 5. The Morgan fingerprint density at radius 3 is 3.00 bits per heavy atom. The van der Waals surface area contributed by atoms with Crippen LogP contribution in [0, 0.1) is 0 Å². The van der Waals surface area contributed by atoms with E-state index in [-0.39, 0.29) is 12.5 Å². The van der Waals surface area contributed by atoms with Crippen molar-refractivity contribution in [3.05, 3.63) is 35.7 Å². The summed E-state index contributed by atoms with van der Waals surface area (Å²) >= 11 is 0. The van der Waals surface area contributed by atoms with Crippen molar-refractivity contribution in [2.24, 2.45) is 7.05 Å². The predicted molar refractivity (Wildman–Crippen MR) is 63.0 cm³/mol. The molecule has 1 N–H and O–H groups in total. The average molecular weight is 247 g/mol. The maximum Gasteiger partial charge on any atom is 0.251 e. The first-order valence-corrected chi connectivity index (χ1v) is 5.34. The van der Waals surface area contributed by atoms with Crippen LogP contribution in [0.4, 0.5) is 0 Å². The summed E-state index contributed by atoms with van der Waals surface area (Å²) in [4.78, 5) is 11.9. The van der Waals surface area contributed by atoms with Gasteiger partial charge in [0.25, 0.3) is 5.91 Å². The Labute approximate surface area is 104 Å². The van der Waals surface area contributed by atoms with Crippen LogP contribution in [0.5, 0.6) is 5.75 Å². The van der Waals surface area contributed by atoms with Gasteiger partial charge in [-0.3, -0.25) is 4.79 Å². The highest BCUT2D eigenvalue weighted by Gasteiger charge is 2.08. The first-order valence-electron chi connectivity index (χ1n) is 5.34. The molecule has 0 atom stereocenters. The number of methoxy groups -OCH3 is 1. The Bertz CT molecular complexity index is 552. The summed E-state index contributed by atoms with van der Waals surface area (Å²) in [6.07, 6.45) is 0. The lowest BCUT2D eigenvalue weighted by molar-refractivity contribution is 0.0949. The number of rotatable bonds is 4. The molecule has 2 aromatic rings. The zero-order chi connectivity index (χ0) is 13.0. The van der Waals surface area contributed by atoms with E-state index in [1.165, 1.54) is 4.68 Å². The fourth-order valence-corrected chi connectivity index (χ4v) is 1.42. The lowest BCUT2D eigenvalue weighted by atomic mass is 10.2. The van der Waals surface area contributed by atoms with Crippen molar-refractivity contribution >= 4 is 5.91 Å². The Morgan fingerprint density at radius 1 is 1.50 bits per heavy atom. The van der Waals surface area contributed by atoms with Gasteiger partial charge in [-0.1, -0.05) is 6.07 Å². The highest BCUT2D eigenvalue weighted by Crippen LogP contribution is 2.12. The van der Waals surface area contributed by atoms with E-state index in [1.807, 2.05) is 0 Å². The SMILES string of the molecule is COc1cccc(C(=O)NCc2nnnn2C)c1. The molecule has 0 bridgehead atoms. The van der Waals surface area contributed by atoms with E-state index < -0.39 is 0 Å². The standard InChI is InChI=1S/C11H13N5O2/c1-16-10(13-14-15-16)7-12-11(17)8-4-3-5-9(6-8)18-2/h3-6H,7H2,1-2H3,(H,12,17). The van der Waals surface area contributed by atoms with E-state index in [0.717, 1.165) is 0 Å². The molecule has 0 aliphatic heterocycles. The van der Waals surface area contributed by atoms with Gasteiger partial charge in [-0.2, -0.15) is 0 Å². The molecule has 94 valence electrons. The molecule has 0 saturated heterocycles. The first kappa shape index (κ1) is 12.0. The molecule has 0 spiro atoms. The molecule has 1 amide bonds. The number of ether oxygens (including phenoxy) is 1. The van der Waals surface area contributed by atoms with Crippen LogP contribution in [0.25, 0.3) is 0 Å². The number of aromatic nitrogens is 4. The number of carbonyl (C=O) groups excluding carboxylic acids is 1. The van der Waals surface area contributed by atoms with Gasteiger partial charge in [0, 0.05) is 12.6 Å². The highest BCUT2D eigenvalue weighted by atomic mass is 16.5. The lowest BCUT2D eigenvalue weighted by Crippen LogP contribution is -2.24. The summed E-state index contributed by atoms with van der Waals surface area (Å²) in [6.45, 7) is 0.277. The fourth-order valence-electron chi connectivity index (χ4n) is 1.42. The summed E-state index contributed by atoms with van der Waals surface area (Å²) in [5, 5.41) is 13.7. The molecule has 0 fully saturated rings. The maximum absolute atomic E-state index is 11.9. The Balaban J connectivity index is 2.01. The highest BCUT2D eigenvalue weighted by molar-refractivity contribution is 5.94. The average Bonchev–Trinajstić information content (AvgIpc) is 2.81. The minimum Gasteiger partial charge on any atom is -0.497 e. The quantitative estimate of drug-likeness (QED) is 0.831. The maximum atomic E-state index is 11.9. The molecular weight excluding hydrogens is 234 g/mol. The molecule has 0 aliphatic rings. The molecule has 0 saturated carbocycles. The Kier molecular flexibility index (Phi) is 3.52. The van der Waals surface area contributed by atoms with Crippen molar-refractivity contribution in [3.63, 3.8) is 0 Å². The van der Waals surface area contributed by atoms with E-state index >= 15 is 0 Å². The van der Waals surface area contributed by atoms with E-state index in [4.69, 9.17) is 4.74 Å². The number of nitrogens with one attached hydrogen (secondary N) is 1. The lowest BCUT2D eigenvalue weighted by Gasteiger charge is -2.05. The molecule has 1 aromatic heterocycles. The number of aryl methyl sites for hydroxylation is 1. The van der Waals surface area contributed by atoms with Gasteiger partial charge in [0.15, 0.2) is 5.82 Å². The molecule has 7 heteroatoms. The van der Waals surface area contributed by atoms with Gasteiger partial charge in [-0.05, 0) is 28.6 Å². The third kappa shape index (κ3) is 2.62. The van der Waals surface area contributed by atoms with E-state index in [1.54, 1.807) is 38.4 Å². The number of carbonyl (C=O) groups is 1. The molecule has 2 rings (SSSR count). The third-order valence-corrected chi connectivity index (χ3v) is 2.45. The zero-order valence-electron chi connectivity index (χ0n) is 10.1. The van der Waals surface area contributed by atoms with Gasteiger partial charge in [0.05, 0.1) is 13.7 Å². The van der Waals surface area contributed by atoms with Gasteiger partial charge >= 0.3 is 0 Å². The van der Waals surface area contributed by atoms with Crippen LogP contribution in [0.2, 0.25) is 0 Å². The largest absolute Gasteiger partial charge is 0.497 e. The summed E-state index contributed by atoms with van der Waals surface area (Å²) in [5.41, 5.74) is 0.532. The first-order chi connectivity index (χ1) is 8.70. The Hall–Kier alpha value is -2.44. The molecule has 0 unspecified atom stereocenters. The number of amides is 1. The number of hydrogen-bond donors (Lipinski definition) is 1. The van der Waals surface area contributed by atoms with Crippen LogP contribution in [-0.4, -0.2) is 33.2 Å². The predicted octanol–water partition coefficient (Wildman–Crippen LogP) is 0.149. The smallest absolute Gasteiger partial charge is 0.251 e. The minimum absolute atomic E-state index is 0.197. The number of nitrogens with zero attached hydrogens (tertiary/aromatic N) is 4.